The second-order valence-electron chi connectivity index (χ2n) is 4.51. The second kappa shape index (κ2) is 5.92. The summed E-state index contributed by atoms with van der Waals surface area (Å²) in [6, 6.07) is 9.82. The van der Waals surface area contributed by atoms with Crippen molar-refractivity contribution >= 4 is 28.8 Å². The molecule has 2 aromatic heterocycles. The molecule has 0 saturated carbocycles. The highest BCUT2D eigenvalue weighted by Gasteiger charge is 2.16. The van der Waals surface area contributed by atoms with E-state index in [4.69, 9.17) is 11.1 Å². The fourth-order valence-corrected chi connectivity index (χ4v) is 3.18. The van der Waals surface area contributed by atoms with Crippen LogP contribution in [0.5, 0.6) is 0 Å². The largest absolute Gasteiger partial charge is 0.387 e. The molecule has 1 atom stereocenters. The van der Waals surface area contributed by atoms with Crippen LogP contribution in [0.15, 0.2) is 48.0 Å². The van der Waals surface area contributed by atoms with Gasteiger partial charge < -0.3 is 10.7 Å². The van der Waals surface area contributed by atoms with Crippen molar-refractivity contribution in [3.05, 3.63) is 48.5 Å². The minimum Gasteiger partial charge on any atom is -0.387 e. The van der Waals surface area contributed by atoms with Crippen LogP contribution in [-0.2, 0) is 0 Å². The van der Waals surface area contributed by atoms with Gasteiger partial charge in [-0.25, -0.2) is 15.0 Å². The van der Waals surface area contributed by atoms with E-state index in [1.807, 2.05) is 30.3 Å². The number of thioether (sulfide) groups is 1. The number of aromatic amines is 1. The molecule has 3 aromatic rings. The van der Waals surface area contributed by atoms with Crippen molar-refractivity contribution in [2.75, 3.05) is 5.75 Å². The highest BCUT2D eigenvalue weighted by atomic mass is 32.2. The van der Waals surface area contributed by atoms with E-state index in [0.717, 1.165) is 16.1 Å². The zero-order valence-electron chi connectivity index (χ0n) is 11.2. The lowest BCUT2D eigenvalue weighted by atomic mass is 10.0. The molecule has 21 heavy (non-hydrogen) atoms. The van der Waals surface area contributed by atoms with Gasteiger partial charge in [0.05, 0.1) is 18.1 Å². The van der Waals surface area contributed by atoms with E-state index in [1.54, 1.807) is 18.1 Å². The number of aromatic nitrogens is 4. The molecule has 0 radical (unpaired) electrons. The summed E-state index contributed by atoms with van der Waals surface area (Å²) in [5.41, 5.74) is 8.24. The zero-order chi connectivity index (χ0) is 14.7. The number of imidazole rings is 1. The van der Waals surface area contributed by atoms with Crippen LogP contribution in [0.1, 0.15) is 11.5 Å². The van der Waals surface area contributed by atoms with Crippen molar-refractivity contribution < 1.29 is 0 Å². The lowest BCUT2D eigenvalue weighted by molar-refractivity contribution is 0.998. The van der Waals surface area contributed by atoms with Crippen molar-refractivity contribution in [1.29, 1.82) is 5.41 Å². The molecule has 1 unspecified atom stereocenters. The van der Waals surface area contributed by atoms with Gasteiger partial charge in [-0.2, -0.15) is 0 Å². The molecule has 0 fully saturated rings. The van der Waals surface area contributed by atoms with Crippen LogP contribution in [0.3, 0.4) is 0 Å². The number of H-pyrrole nitrogens is 1. The molecular weight excluding hydrogens is 284 g/mol. The Kier molecular flexibility index (Phi) is 3.83. The van der Waals surface area contributed by atoms with E-state index in [0.29, 0.717) is 11.4 Å². The molecule has 0 saturated heterocycles. The molecule has 0 aliphatic heterocycles. The number of amidine groups is 1. The quantitative estimate of drug-likeness (QED) is 0.290. The Balaban J connectivity index is 1.82. The van der Waals surface area contributed by atoms with Crippen LogP contribution >= 0.6 is 11.8 Å². The summed E-state index contributed by atoms with van der Waals surface area (Å²) in [6.45, 7) is 0. The standard InChI is InChI=1S/C14H14N6S/c15-12(16)10(9-4-2-1-3-5-9)6-21-14-11-13(18-7-17-11)19-8-20-14/h1-5,7-8,10H,6H2,(H3,15,16)(H,17,18,19,20). The van der Waals surface area contributed by atoms with E-state index in [2.05, 4.69) is 19.9 Å². The van der Waals surface area contributed by atoms with Gasteiger partial charge >= 0.3 is 0 Å². The van der Waals surface area contributed by atoms with Crippen LogP contribution in [0.2, 0.25) is 0 Å². The number of nitrogens with two attached hydrogens (primary N) is 1. The van der Waals surface area contributed by atoms with Crippen molar-refractivity contribution in [3.63, 3.8) is 0 Å². The maximum atomic E-state index is 7.80. The minimum atomic E-state index is -0.135. The second-order valence-corrected chi connectivity index (χ2v) is 5.52. The number of fused-ring (bicyclic) bond motifs is 1. The first-order valence-electron chi connectivity index (χ1n) is 6.41. The van der Waals surface area contributed by atoms with Crippen molar-refractivity contribution in [3.8, 4) is 0 Å². The molecule has 2 heterocycles. The van der Waals surface area contributed by atoms with Crippen LogP contribution in [0, 0.1) is 5.41 Å². The Morgan fingerprint density at radius 2 is 2.05 bits per heavy atom. The SMILES string of the molecule is N=C(N)C(CSc1ncnc2nc[nH]c12)c1ccccc1. The van der Waals surface area contributed by atoms with Crippen molar-refractivity contribution in [2.24, 2.45) is 5.73 Å². The third kappa shape index (κ3) is 2.87. The normalized spacial score (nSPS) is 12.4. The fraction of sp³-hybridized carbons (Fsp3) is 0.143. The Bertz CT molecular complexity index is 754. The molecule has 0 spiro atoms. The molecule has 1 aromatic carbocycles. The fourth-order valence-electron chi connectivity index (χ4n) is 2.07. The predicted molar refractivity (Wildman–Crippen MR) is 83.5 cm³/mol. The first kappa shape index (κ1) is 13.6. The summed E-state index contributed by atoms with van der Waals surface area (Å²) in [6.07, 6.45) is 3.10. The van der Waals surface area contributed by atoms with E-state index in [-0.39, 0.29) is 11.8 Å². The average molecular weight is 298 g/mol. The molecule has 0 amide bonds. The van der Waals surface area contributed by atoms with Gasteiger partial charge in [-0.15, -0.1) is 11.8 Å². The molecule has 3 rings (SSSR count). The molecule has 0 bridgehead atoms. The molecule has 7 heteroatoms. The number of nitrogens with zero attached hydrogens (tertiary/aromatic N) is 3. The van der Waals surface area contributed by atoms with Crippen LogP contribution in [0.4, 0.5) is 0 Å². The van der Waals surface area contributed by atoms with Crippen LogP contribution in [-0.4, -0.2) is 31.5 Å². The zero-order valence-corrected chi connectivity index (χ0v) is 12.0. The lowest BCUT2D eigenvalue weighted by Crippen LogP contribution is -2.22. The molecular formula is C14H14N6S. The molecule has 0 aliphatic carbocycles. The lowest BCUT2D eigenvalue weighted by Gasteiger charge is -2.15. The number of hydrogen-bond acceptors (Lipinski definition) is 5. The number of nitrogens with one attached hydrogen (secondary N) is 2. The third-order valence-electron chi connectivity index (χ3n) is 3.15. The third-order valence-corrected chi connectivity index (χ3v) is 4.24. The van der Waals surface area contributed by atoms with Gasteiger partial charge in [-0.1, -0.05) is 30.3 Å². The summed E-state index contributed by atoms with van der Waals surface area (Å²) in [7, 11) is 0. The Morgan fingerprint density at radius 1 is 1.24 bits per heavy atom. The number of benzene rings is 1. The molecule has 106 valence electrons. The van der Waals surface area contributed by atoms with Gasteiger partial charge in [0.25, 0.3) is 0 Å². The van der Waals surface area contributed by atoms with Crippen LogP contribution in [0.25, 0.3) is 11.2 Å². The molecule has 4 N–H and O–H groups in total. The highest BCUT2D eigenvalue weighted by Crippen LogP contribution is 2.28. The van der Waals surface area contributed by atoms with Gasteiger partial charge in [0, 0.05) is 5.75 Å². The summed E-state index contributed by atoms with van der Waals surface area (Å²) in [5, 5.41) is 8.62. The maximum Gasteiger partial charge on any atom is 0.181 e. The Hall–Kier alpha value is -2.41. The van der Waals surface area contributed by atoms with E-state index in [9.17, 15) is 0 Å². The summed E-state index contributed by atoms with van der Waals surface area (Å²) >= 11 is 1.54. The van der Waals surface area contributed by atoms with Gasteiger partial charge in [0.2, 0.25) is 0 Å². The van der Waals surface area contributed by atoms with Crippen molar-refractivity contribution in [2.45, 2.75) is 10.9 Å². The van der Waals surface area contributed by atoms with Crippen molar-refractivity contribution in [1.82, 2.24) is 19.9 Å². The summed E-state index contributed by atoms with van der Waals surface area (Å²) in [4.78, 5) is 15.5. The topological polar surface area (TPSA) is 104 Å². The number of hydrogen-bond donors (Lipinski definition) is 3. The maximum absolute atomic E-state index is 7.80. The number of rotatable bonds is 5. The van der Waals surface area contributed by atoms with Gasteiger partial charge in [-0.3, -0.25) is 5.41 Å². The minimum absolute atomic E-state index is 0.135. The average Bonchev–Trinajstić information content (AvgIpc) is 2.97. The van der Waals surface area contributed by atoms with E-state index < -0.39 is 0 Å². The van der Waals surface area contributed by atoms with Gasteiger partial charge in [0.1, 0.15) is 16.9 Å². The summed E-state index contributed by atoms with van der Waals surface area (Å²) < 4.78 is 0. The van der Waals surface area contributed by atoms with Gasteiger partial charge in [-0.05, 0) is 5.56 Å². The highest BCUT2D eigenvalue weighted by molar-refractivity contribution is 7.99. The predicted octanol–water partition coefficient (Wildman–Crippen LogP) is 2.16. The van der Waals surface area contributed by atoms with Gasteiger partial charge in [0.15, 0.2) is 5.65 Å². The monoisotopic (exact) mass is 298 g/mol. The van der Waals surface area contributed by atoms with E-state index >= 15 is 0 Å². The molecule has 0 aliphatic rings. The van der Waals surface area contributed by atoms with E-state index in [1.165, 1.54) is 6.33 Å². The van der Waals surface area contributed by atoms with Crippen LogP contribution < -0.4 is 5.73 Å². The first-order valence-corrected chi connectivity index (χ1v) is 7.40. The first-order chi connectivity index (χ1) is 10.3. The Labute approximate surface area is 125 Å². The molecule has 6 nitrogen and oxygen atoms in total. The smallest absolute Gasteiger partial charge is 0.181 e. The Morgan fingerprint density at radius 3 is 2.81 bits per heavy atom. The summed E-state index contributed by atoms with van der Waals surface area (Å²) in [5.74, 6) is 0.664.